The molecule has 7 nitrogen and oxygen atoms in total. The summed E-state index contributed by atoms with van der Waals surface area (Å²) < 4.78 is 13.1. The quantitative estimate of drug-likeness (QED) is 0.773. The van der Waals surface area contributed by atoms with Crippen molar-refractivity contribution < 1.29 is 14.3 Å². The summed E-state index contributed by atoms with van der Waals surface area (Å²) in [5, 5.41) is 10.8. The lowest BCUT2D eigenvalue weighted by atomic mass is 9.83. The van der Waals surface area contributed by atoms with E-state index in [0.29, 0.717) is 26.3 Å². The number of halogens is 1. The van der Waals surface area contributed by atoms with Crippen molar-refractivity contribution in [1.29, 1.82) is 0 Å². The van der Waals surface area contributed by atoms with Crippen LogP contribution >= 0.6 is 12.4 Å². The van der Waals surface area contributed by atoms with Gasteiger partial charge in [-0.15, -0.1) is 12.4 Å². The molecule has 158 valence electrons. The van der Waals surface area contributed by atoms with Crippen LogP contribution < -0.4 is 20.1 Å². The van der Waals surface area contributed by atoms with Gasteiger partial charge < -0.3 is 20.1 Å². The van der Waals surface area contributed by atoms with Gasteiger partial charge in [0, 0.05) is 44.2 Å². The monoisotopic (exact) mass is 420 g/mol. The summed E-state index contributed by atoms with van der Waals surface area (Å²) in [7, 11) is 1.90. The van der Waals surface area contributed by atoms with Crippen LogP contribution in [0.2, 0.25) is 0 Å². The zero-order valence-electron chi connectivity index (χ0n) is 17.1. The van der Waals surface area contributed by atoms with Crippen LogP contribution in [-0.4, -0.2) is 48.5 Å². The number of benzene rings is 1. The second-order valence-electron chi connectivity index (χ2n) is 8.28. The third-order valence-corrected chi connectivity index (χ3v) is 5.73. The number of carbonyl (C=O) groups is 1. The molecule has 1 amide bonds. The van der Waals surface area contributed by atoms with Gasteiger partial charge in [0.15, 0.2) is 11.5 Å². The Kier molecular flexibility index (Phi) is 6.39. The largest absolute Gasteiger partial charge is 0.486 e. The number of nitrogens with zero attached hydrogens (tertiary/aromatic N) is 2. The maximum atomic E-state index is 12.9. The van der Waals surface area contributed by atoms with Gasteiger partial charge in [-0.25, -0.2) is 0 Å². The van der Waals surface area contributed by atoms with E-state index in [1.54, 1.807) is 4.68 Å². The Morgan fingerprint density at radius 1 is 1.28 bits per heavy atom. The van der Waals surface area contributed by atoms with Crippen molar-refractivity contribution >= 4 is 18.3 Å². The lowest BCUT2D eigenvalue weighted by molar-refractivity contribution is -0.125. The van der Waals surface area contributed by atoms with Crippen molar-refractivity contribution in [3.05, 3.63) is 41.7 Å². The highest BCUT2D eigenvalue weighted by Crippen LogP contribution is 2.35. The normalized spacial score (nSPS) is 20.8. The number of fused-ring (bicyclic) bond motifs is 1. The molecule has 1 saturated heterocycles. The standard InChI is InChI=1S/C21H28N4O3.ClH/c1-21(2,15-4-5-18-19(8-15)28-7-6-27-18)13-23-20(26)17-11-22-10-16(17)14-9-24-25(3)12-14;/h4-5,8-9,12,16-17,22H,6-7,10-11,13H2,1-3H3,(H,23,26);1H/t16-,17+;/m1./s1. The van der Waals surface area contributed by atoms with Gasteiger partial charge in [0.05, 0.1) is 12.1 Å². The smallest absolute Gasteiger partial charge is 0.225 e. The molecule has 2 aromatic rings. The molecule has 2 atom stereocenters. The maximum Gasteiger partial charge on any atom is 0.225 e. The Balaban J connectivity index is 0.00000240. The Morgan fingerprint density at radius 3 is 2.76 bits per heavy atom. The number of amides is 1. The van der Waals surface area contributed by atoms with Crippen LogP contribution in [0.3, 0.4) is 0 Å². The topological polar surface area (TPSA) is 77.4 Å². The molecule has 0 bridgehead atoms. The summed E-state index contributed by atoms with van der Waals surface area (Å²) in [4.78, 5) is 12.9. The van der Waals surface area contributed by atoms with Gasteiger partial charge in [-0.1, -0.05) is 19.9 Å². The molecule has 0 aliphatic carbocycles. The molecular formula is C21H29ClN4O3. The number of hydrogen-bond acceptors (Lipinski definition) is 5. The number of aromatic nitrogens is 2. The Labute approximate surface area is 177 Å². The number of aryl methyl sites for hydroxylation is 1. The van der Waals surface area contributed by atoms with Crippen LogP contribution in [0, 0.1) is 5.92 Å². The number of hydrogen-bond donors (Lipinski definition) is 2. The number of nitrogens with one attached hydrogen (secondary N) is 2. The zero-order chi connectivity index (χ0) is 19.7. The average molecular weight is 421 g/mol. The van der Waals surface area contributed by atoms with E-state index in [1.165, 1.54) is 0 Å². The van der Waals surface area contributed by atoms with Crippen LogP contribution in [0.1, 0.15) is 30.9 Å². The minimum atomic E-state index is -0.221. The molecule has 0 radical (unpaired) electrons. The number of rotatable bonds is 5. The van der Waals surface area contributed by atoms with Crippen molar-refractivity contribution in [1.82, 2.24) is 20.4 Å². The molecule has 1 aromatic heterocycles. The average Bonchev–Trinajstić information content (AvgIpc) is 3.34. The van der Waals surface area contributed by atoms with Gasteiger partial charge in [-0.2, -0.15) is 5.10 Å². The van der Waals surface area contributed by atoms with Crippen molar-refractivity contribution in [2.24, 2.45) is 13.0 Å². The van der Waals surface area contributed by atoms with Gasteiger partial charge in [-0.05, 0) is 23.3 Å². The Morgan fingerprint density at radius 2 is 2.03 bits per heavy atom. The first kappa shape index (κ1) is 21.5. The summed E-state index contributed by atoms with van der Waals surface area (Å²) in [5.41, 5.74) is 2.01. The highest BCUT2D eigenvalue weighted by molar-refractivity contribution is 5.85. The van der Waals surface area contributed by atoms with Gasteiger partial charge in [-0.3, -0.25) is 9.48 Å². The van der Waals surface area contributed by atoms with E-state index in [2.05, 4.69) is 35.6 Å². The molecule has 3 heterocycles. The molecule has 0 unspecified atom stereocenters. The predicted molar refractivity (Wildman–Crippen MR) is 113 cm³/mol. The molecule has 2 aliphatic rings. The third kappa shape index (κ3) is 4.51. The van der Waals surface area contributed by atoms with Crippen molar-refractivity contribution in [2.75, 3.05) is 32.8 Å². The van der Waals surface area contributed by atoms with Crippen LogP contribution in [0.5, 0.6) is 11.5 Å². The fourth-order valence-electron chi connectivity index (χ4n) is 3.94. The minimum absolute atomic E-state index is 0. The van der Waals surface area contributed by atoms with Crippen LogP contribution in [0.25, 0.3) is 0 Å². The zero-order valence-corrected chi connectivity index (χ0v) is 17.9. The van der Waals surface area contributed by atoms with Gasteiger partial charge >= 0.3 is 0 Å². The van der Waals surface area contributed by atoms with Gasteiger partial charge in [0.25, 0.3) is 0 Å². The van der Waals surface area contributed by atoms with Crippen molar-refractivity contribution in [3.63, 3.8) is 0 Å². The first-order valence-corrected chi connectivity index (χ1v) is 9.81. The molecule has 2 N–H and O–H groups in total. The van der Waals surface area contributed by atoms with Crippen LogP contribution in [0.15, 0.2) is 30.6 Å². The summed E-state index contributed by atoms with van der Waals surface area (Å²) >= 11 is 0. The number of carbonyl (C=O) groups excluding carboxylic acids is 1. The molecule has 0 spiro atoms. The summed E-state index contributed by atoms with van der Waals surface area (Å²) in [6.07, 6.45) is 3.86. The van der Waals surface area contributed by atoms with E-state index in [-0.39, 0.29) is 35.6 Å². The molecule has 8 heteroatoms. The van der Waals surface area contributed by atoms with E-state index in [4.69, 9.17) is 9.47 Å². The Bertz CT molecular complexity index is 867. The highest BCUT2D eigenvalue weighted by atomic mass is 35.5. The fourth-order valence-corrected chi connectivity index (χ4v) is 3.94. The Hall–Kier alpha value is -2.25. The van der Waals surface area contributed by atoms with Crippen LogP contribution in [-0.2, 0) is 17.3 Å². The lowest BCUT2D eigenvalue weighted by Gasteiger charge is -2.28. The molecule has 1 aromatic carbocycles. The molecule has 4 rings (SSSR count). The molecular weight excluding hydrogens is 392 g/mol. The third-order valence-electron chi connectivity index (χ3n) is 5.73. The van der Waals surface area contributed by atoms with Crippen molar-refractivity contribution in [2.45, 2.75) is 25.2 Å². The van der Waals surface area contributed by atoms with E-state index < -0.39 is 0 Å². The lowest BCUT2D eigenvalue weighted by Crippen LogP contribution is -2.41. The van der Waals surface area contributed by atoms with E-state index in [0.717, 1.165) is 29.2 Å². The van der Waals surface area contributed by atoms with Crippen LogP contribution in [0.4, 0.5) is 0 Å². The van der Waals surface area contributed by atoms with E-state index in [1.807, 2.05) is 31.6 Å². The second kappa shape index (κ2) is 8.63. The minimum Gasteiger partial charge on any atom is -0.486 e. The summed E-state index contributed by atoms with van der Waals surface area (Å²) in [5.74, 6) is 1.72. The highest BCUT2D eigenvalue weighted by Gasteiger charge is 2.35. The fraction of sp³-hybridized carbons (Fsp3) is 0.524. The second-order valence-corrected chi connectivity index (χ2v) is 8.28. The summed E-state index contributed by atoms with van der Waals surface area (Å²) in [6.45, 7) is 7.46. The molecule has 1 fully saturated rings. The number of ether oxygens (including phenoxy) is 2. The van der Waals surface area contributed by atoms with Gasteiger partial charge in [0.1, 0.15) is 13.2 Å². The SMILES string of the molecule is Cl.Cn1cc([C@H]2CNC[C@@H]2C(=O)NCC(C)(C)c2ccc3c(c2)OCCO3)cn1. The van der Waals surface area contributed by atoms with Crippen molar-refractivity contribution in [3.8, 4) is 11.5 Å². The maximum absolute atomic E-state index is 12.9. The first-order valence-electron chi connectivity index (χ1n) is 9.81. The molecule has 2 aliphatic heterocycles. The van der Waals surface area contributed by atoms with E-state index in [9.17, 15) is 4.79 Å². The molecule has 29 heavy (non-hydrogen) atoms. The molecule has 0 saturated carbocycles. The van der Waals surface area contributed by atoms with E-state index >= 15 is 0 Å². The first-order chi connectivity index (χ1) is 13.4. The summed E-state index contributed by atoms with van der Waals surface area (Å²) in [6, 6.07) is 6.03. The predicted octanol–water partition coefficient (Wildman–Crippen LogP) is 2.01. The van der Waals surface area contributed by atoms with Gasteiger partial charge in [0.2, 0.25) is 5.91 Å².